The van der Waals surface area contributed by atoms with Gasteiger partial charge in [-0.15, -0.1) is 10.2 Å². The predicted octanol–water partition coefficient (Wildman–Crippen LogP) is 2.45. The van der Waals surface area contributed by atoms with Crippen LogP contribution in [0.1, 0.15) is 5.69 Å². The molecule has 0 aliphatic rings. The maximum absolute atomic E-state index is 5.67. The minimum atomic E-state index is 0.499. The first-order chi connectivity index (χ1) is 8.74. The van der Waals surface area contributed by atoms with Crippen molar-refractivity contribution in [1.82, 2.24) is 20.0 Å². The van der Waals surface area contributed by atoms with Crippen molar-refractivity contribution in [3.8, 4) is 22.9 Å². The first-order valence-electron chi connectivity index (χ1n) is 5.63. The van der Waals surface area contributed by atoms with Crippen LogP contribution in [0.3, 0.4) is 0 Å². The van der Waals surface area contributed by atoms with E-state index in [2.05, 4.69) is 15.3 Å². The average molecular weight is 240 g/mol. The lowest BCUT2D eigenvalue weighted by Crippen LogP contribution is -1.86. The zero-order chi connectivity index (χ0) is 12.5. The van der Waals surface area contributed by atoms with Gasteiger partial charge < -0.3 is 4.42 Å². The maximum Gasteiger partial charge on any atom is 0.251 e. The number of aromatic nitrogens is 4. The third-order valence-electron chi connectivity index (χ3n) is 2.69. The van der Waals surface area contributed by atoms with Gasteiger partial charge >= 0.3 is 0 Å². The first-order valence-corrected chi connectivity index (χ1v) is 5.63. The van der Waals surface area contributed by atoms with Crippen LogP contribution in [0, 0.1) is 6.92 Å². The number of aryl methyl sites for hydroxylation is 2. The van der Waals surface area contributed by atoms with E-state index in [-0.39, 0.29) is 0 Å². The summed E-state index contributed by atoms with van der Waals surface area (Å²) < 4.78 is 7.41. The van der Waals surface area contributed by atoms with Gasteiger partial charge in [0.1, 0.15) is 0 Å². The molecule has 0 saturated carbocycles. The largest absolute Gasteiger partial charge is 0.416 e. The molecule has 0 radical (unpaired) electrons. The maximum atomic E-state index is 5.67. The summed E-state index contributed by atoms with van der Waals surface area (Å²) in [6, 6.07) is 9.70. The highest BCUT2D eigenvalue weighted by Crippen LogP contribution is 2.25. The van der Waals surface area contributed by atoms with Gasteiger partial charge in [-0.3, -0.25) is 4.68 Å². The number of nitrogens with zero attached hydrogens (tertiary/aromatic N) is 4. The van der Waals surface area contributed by atoms with Gasteiger partial charge in [0.25, 0.3) is 5.89 Å². The molecule has 0 atom stereocenters. The molecule has 5 nitrogen and oxygen atoms in total. The highest BCUT2D eigenvalue weighted by Gasteiger charge is 2.14. The molecule has 0 bridgehead atoms. The highest BCUT2D eigenvalue weighted by molar-refractivity contribution is 5.58. The Hall–Kier alpha value is -2.43. The van der Waals surface area contributed by atoms with Crippen LogP contribution in [0.2, 0.25) is 0 Å². The van der Waals surface area contributed by atoms with Crippen molar-refractivity contribution in [1.29, 1.82) is 0 Å². The summed E-state index contributed by atoms with van der Waals surface area (Å²) in [5.41, 5.74) is 2.66. The molecule has 3 rings (SSSR count). The van der Waals surface area contributed by atoms with Crippen LogP contribution in [-0.2, 0) is 7.05 Å². The van der Waals surface area contributed by atoms with Gasteiger partial charge in [0, 0.05) is 18.8 Å². The molecule has 0 aliphatic heterocycles. The second kappa shape index (κ2) is 4.10. The monoisotopic (exact) mass is 240 g/mol. The molecule has 0 aliphatic carbocycles. The quantitative estimate of drug-likeness (QED) is 0.690. The highest BCUT2D eigenvalue weighted by atomic mass is 16.4. The third kappa shape index (κ3) is 1.79. The molecule has 5 heteroatoms. The molecule has 0 N–H and O–H groups in total. The third-order valence-corrected chi connectivity index (χ3v) is 2.69. The summed E-state index contributed by atoms with van der Waals surface area (Å²) in [7, 11) is 1.87. The normalized spacial score (nSPS) is 10.8. The number of rotatable bonds is 2. The second-order valence-corrected chi connectivity index (χ2v) is 4.08. The average Bonchev–Trinajstić information content (AvgIpc) is 2.97. The van der Waals surface area contributed by atoms with E-state index in [1.165, 1.54) is 0 Å². The number of hydrogen-bond acceptors (Lipinski definition) is 4. The lowest BCUT2D eigenvalue weighted by atomic mass is 10.2. The molecular formula is C13H12N4O. The zero-order valence-corrected chi connectivity index (χ0v) is 10.2. The molecule has 0 fully saturated rings. The van der Waals surface area contributed by atoms with E-state index in [1.54, 1.807) is 4.68 Å². The van der Waals surface area contributed by atoms with E-state index in [0.717, 1.165) is 16.8 Å². The smallest absolute Gasteiger partial charge is 0.251 e. The van der Waals surface area contributed by atoms with Crippen LogP contribution in [0.4, 0.5) is 0 Å². The summed E-state index contributed by atoms with van der Waals surface area (Å²) in [6.45, 7) is 1.92. The first kappa shape index (κ1) is 10.7. The molecular weight excluding hydrogens is 228 g/mol. The van der Waals surface area contributed by atoms with Gasteiger partial charge in [-0.05, 0) is 19.1 Å². The Labute approximate surface area is 104 Å². The van der Waals surface area contributed by atoms with E-state index in [0.29, 0.717) is 11.8 Å². The van der Waals surface area contributed by atoms with E-state index in [1.807, 2.05) is 50.5 Å². The van der Waals surface area contributed by atoms with Crippen molar-refractivity contribution in [3.05, 3.63) is 42.2 Å². The van der Waals surface area contributed by atoms with Crippen LogP contribution in [-0.4, -0.2) is 20.0 Å². The van der Waals surface area contributed by atoms with Crippen LogP contribution >= 0.6 is 0 Å². The predicted molar refractivity (Wildman–Crippen MR) is 66.7 cm³/mol. The molecule has 0 amide bonds. The molecule has 2 aromatic heterocycles. The summed E-state index contributed by atoms with van der Waals surface area (Å²) in [5, 5.41) is 12.4. The lowest BCUT2D eigenvalue weighted by Gasteiger charge is -1.92. The summed E-state index contributed by atoms with van der Waals surface area (Å²) in [4.78, 5) is 0. The minimum Gasteiger partial charge on any atom is -0.416 e. The van der Waals surface area contributed by atoms with Gasteiger partial charge in [0.15, 0.2) is 0 Å². The van der Waals surface area contributed by atoms with E-state index in [9.17, 15) is 0 Å². The van der Waals surface area contributed by atoms with Crippen molar-refractivity contribution in [3.63, 3.8) is 0 Å². The van der Waals surface area contributed by atoms with Crippen molar-refractivity contribution < 1.29 is 4.42 Å². The zero-order valence-electron chi connectivity index (χ0n) is 10.2. The number of hydrogen-bond donors (Lipinski definition) is 0. The van der Waals surface area contributed by atoms with Gasteiger partial charge in [-0.25, -0.2) is 0 Å². The lowest BCUT2D eigenvalue weighted by molar-refractivity contribution is 0.584. The molecule has 3 aromatic rings. The summed E-state index contributed by atoms with van der Waals surface area (Å²) >= 11 is 0. The van der Waals surface area contributed by atoms with Crippen LogP contribution < -0.4 is 0 Å². The van der Waals surface area contributed by atoms with Gasteiger partial charge in [-0.2, -0.15) is 5.10 Å². The molecule has 0 spiro atoms. The molecule has 1 aromatic carbocycles. The summed E-state index contributed by atoms with van der Waals surface area (Å²) in [5.74, 6) is 1.02. The second-order valence-electron chi connectivity index (χ2n) is 4.08. The van der Waals surface area contributed by atoms with E-state index in [4.69, 9.17) is 4.42 Å². The Kier molecular flexibility index (Phi) is 2.44. The molecule has 90 valence electrons. The molecule has 0 unspecified atom stereocenters. The Morgan fingerprint density at radius 1 is 1.06 bits per heavy atom. The fourth-order valence-corrected chi connectivity index (χ4v) is 1.84. The Morgan fingerprint density at radius 2 is 1.78 bits per heavy atom. The van der Waals surface area contributed by atoms with Crippen LogP contribution in [0.15, 0.2) is 40.9 Å². The van der Waals surface area contributed by atoms with Crippen LogP contribution in [0.5, 0.6) is 0 Å². The summed E-state index contributed by atoms with van der Waals surface area (Å²) in [6.07, 6.45) is 1.87. The van der Waals surface area contributed by atoms with Crippen molar-refractivity contribution in [2.45, 2.75) is 6.92 Å². The van der Waals surface area contributed by atoms with Crippen LogP contribution in [0.25, 0.3) is 22.9 Å². The minimum absolute atomic E-state index is 0.499. The van der Waals surface area contributed by atoms with Crippen molar-refractivity contribution in [2.75, 3.05) is 0 Å². The standard InChI is InChI=1S/C13H12N4O/c1-9-11(8-17(2)16-9)13-15-14-12(18-13)10-6-4-3-5-7-10/h3-8H,1-2H3. The molecule has 0 saturated heterocycles. The van der Waals surface area contributed by atoms with Crippen molar-refractivity contribution in [2.24, 2.45) is 7.05 Å². The SMILES string of the molecule is Cc1nn(C)cc1-c1nnc(-c2ccccc2)o1. The molecule has 2 heterocycles. The van der Waals surface area contributed by atoms with E-state index < -0.39 is 0 Å². The molecule has 18 heavy (non-hydrogen) atoms. The number of benzene rings is 1. The van der Waals surface area contributed by atoms with Gasteiger partial charge in [0.2, 0.25) is 5.89 Å². The Bertz CT molecular complexity index is 669. The Balaban J connectivity index is 2.02. The van der Waals surface area contributed by atoms with Crippen molar-refractivity contribution >= 4 is 0 Å². The fourth-order valence-electron chi connectivity index (χ4n) is 1.84. The topological polar surface area (TPSA) is 56.7 Å². The fraction of sp³-hybridized carbons (Fsp3) is 0.154. The Morgan fingerprint density at radius 3 is 2.44 bits per heavy atom. The van der Waals surface area contributed by atoms with Gasteiger partial charge in [0.05, 0.1) is 11.3 Å². The van der Waals surface area contributed by atoms with Gasteiger partial charge in [-0.1, -0.05) is 18.2 Å². The van der Waals surface area contributed by atoms with E-state index >= 15 is 0 Å².